The molecule has 0 N–H and O–H groups in total. The number of aromatic nitrogens is 6. The van der Waals surface area contributed by atoms with Crippen molar-refractivity contribution >= 4 is 11.0 Å². The van der Waals surface area contributed by atoms with E-state index in [1.165, 1.54) is 0 Å². The molecule has 6 heteroatoms. The third kappa shape index (κ3) is 1.23. The van der Waals surface area contributed by atoms with E-state index in [1.807, 2.05) is 6.07 Å². The zero-order valence-corrected chi connectivity index (χ0v) is 7.65. The zero-order valence-electron chi connectivity index (χ0n) is 7.65. The number of fused-ring (bicyclic) bond motifs is 1. The van der Waals surface area contributed by atoms with Crippen LogP contribution in [0.2, 0.25) is 0 Å². The van der Waals surface area contributed by atoms with Crippen LogP contribution in [0.5, 0.6) is 0 Å². The number of pyridine rings is 1. The minimum absolute atomic E-state index is 0.506. The van der Waals surface area contributed by atoms with Crippen LogP contribution in [0.25, 0.3) is 17.0 Å². The van der Waals surface area contributed by atoms with Crippen molar-refractivity contribution in [2.75, 3.05) is 0 Å². The van der Waals surface area contributed by atoms with Gasteiger partial charge in [-0.2, -0.15) is 4.68 Å². The molecule has 15 heavy (non-hydrogen) atoms. The van der Waals surface area contributed by atoms with Gasteiger partial charge in [-0.1, -0.05) is 5.21 Å². The predicted octanol–water partition coefficient (Wildman–Crippen LogP) is 0.605. The van der Waals surface area contributed by atoms with Gasteiger partial charge in [0.25, 0.3) is 5.95 Å². The van der Waals surface area contributed by atoms with E-state index in [1.54, 1.807) is 35.5 Å². The van der Waals surface area contributed by atoms with Gasteiger partial charge in [-0.3, -0.25) is 4.98 Å². The fourth-order valence-electron chi connectivity index (χ4n) is 1.32. The van der Waals surface area contributed by atoms with Gasteiger partial charge in [0.2, 0.25) is 0 Å². The Morgan fingerprint density at radius 2 is 1.93 bits per heavy atom. The monoisotopic (exact) mass is 198 g/mol. The molecule has 0 aliphatic rings. The molecule has 0 aromatic carbocycles. The van der Waals surface area contributed by atoms with E-state index in [4.69, 9.17) is 0 Å². The Hall–Kier alpha value is -2.37. The molecule has 3 aromatic heterocycles. The van der Waals surface area contributed by atoms with E-state index in [0.717, 1.165) is 11.0 Å². The summed E-state index contributed by atoms with van der Waals surface area (Å²) in [5, 5.41) is 7.93. The van der Waals surface area contributed by atoms with Crippen LogP contribution in [0.3, 0.4) is 0 Å². The second-order valence-corrected chi connectivity index (χ2v) is 2.91. The van der Waals surface area contributed by atoms with Crippen LogP contribution >= 0.6 is 0 Å². The summed E-state index contributed by atoms with van der Waals surface area (Å²) in [7, 11) is 0. The molecule has 0 saturated carbocycles. The molecule has 6 nitrogen and oxygen atoms in total. The molecule has 0 spiro atoms. The molecule has 0 amide bonds. The Kier molecular flexibility index (Phi) is 1.64. The molecule has 0 saturated heterocycles. The molecule has 0 unspecified atom stereocenters. The minimum atomic E-state index is 0.506. The first-order valence-electron chi connectivity index (χ1n) is 4.38. The van der Waals surface area contributed by atoms with Crippen LogP contribution in [-0.2, 0) is 0 Å². The lowest BCUT2D eigenvalue weighted by Gasteiger charge is -1.97. The van der Waals surface area contributed by atoms with Crippen LogP contribution in [0.15, 0.2) is 36.9 Å². The Morgan fingerprint density at radius 1 is 1.07 bits per heavy atom. The molecular formula is C9H6N6. The SMILES string of the molecule is c1cnc(-n2nnc3cnccc32)nc1. The van der Waals surface area contributed by atoms with Gasteiger partial charge in [0.05, 0.1) is 6.20 Å². The van der Waals surface area contributed by atoms with Crippen LogP contribution in [0.1, 0.15) is 0 Å². The van der Waals surface area contributed by atoms with E-state index in [0.29, 0.717) is 5.95 Å². The third-order valence-electron chi connectivity index (χ3n) is 1.99. The highest BCUT2D eigenvalue weighted by Gasteiger charge is 2.06. The predicted molar refractivity (Wildman–Crippen MR) is 52.3 cm³/mol. The summed E-state index contributed by atoms with van der Waals surface area (Å²) in [4.78, 5) is 12.2. The molecule has 0 fully saturated rings. The molecule has 0 radical (unpaired) electrons. The summed E-state index contributed by atoms with van der Waals surface area (Å²) in [5.74, 6) is 0.506. The average Bonchev–Trinajstić information content (AvgIpc) is 2.74. The maximum atomic E-state index is 4.10. The van der Waals surface area contributed by atoms with Gasteiger partial charge in [-0.25, -0.2) is 9.97 Å². The van der Waals surface area contributed by atoms with Crippen LogP contribution < -0.4 is 0 Å². The fraction of sp³-hybridized carbons (Fsp3) is 0. The summed E-state index contributed by atoms with van der Waals surface area (Å²) in [6, 6.07) is 3.58. The Balaban J connectivity index is 2.28. The van der Waals surface area contributed by atoms with Crippen molar-refractivity contribution < 1.29 is 0 Å². The molecular weight excluding hydrogens is 192 g/mol. The standard InChI is InChI=1S/C9H6N6/c1-3-11-9(12-4-1)15-8-2-5-10-6-7(8)13-14-15/h1-6H. The van der Waals surface area contributed by atoms with E-state index in [2.05, 4.69) is 25.3 Å². The Bertz CT molecular complexity index is 588. The molecule has 0 aliphatic carbocycles. The first-order chi connectivity index (χ1) is 7.45. The first kappa shape index (κ1) is 7.98. The van der Waals surface area contributed by atoms with E-state index in [-0.39, 0.29) is 0 Å². The first-order valence-corrected chi connectivity index (χ1v) is 4.38. The highest BCUT2D eigenvalue weighted by Crippen LogP contribution is 2.10. The second kappa shape index (κ2) is 3.09. The minimum Gasteiger partial charge on any atom is -0.262 e. The largest absolute Gasteiger partial charge is 0.262 e. The van der Waals surface area contributed by atoms with E-state index >= 15 is 0 Å². The van der Waals surface area contributed by atoms with Crippen molar-refractivity contribution in [1.82, 2.24) is 29.9 Å². The maximum Gasteiger partial charge on any atom is 0.252 e. The quantitative estimate of drug-likeness (QED) is 0.572. The fourth-order valence-corrected chi connectivity index (χ4v) is 1.32. The van der Waals surface area contributed by atoms with E-state index in [9.17, 15) is 0 Å². The smallest absolute Gasteiger partial charge is 0.252 e. The van der Waals surface area contributed by atoms with Gasteiger partial charge in [-0.15, -0.1) is 5.10 Å². The zero-order chi connectivity index (χ0) is 10.1. The number of rotatable bonds is 1. The molecule has 3 rings (SSSR count). The highest BCUT2D eigenvalue weighted by atomic mass is 15.5. The topological polar surface area (TPSA) is 69.4 Å². The van der Waals surface area contributed by atoms with Crippen LogP contribution in [0.4, 0.5) is 0 Å². The number of hydrogen-bond donors (Lipinski definition) is 0. The maximum absolute atomic E-state index is 4.10. The number of hydrogen-bond acceptors (Lipinski definition) is 5. The van der Waals surface area contributed by atoms with E-state index < -0.39 is 0 Å². The molecule has 0 bridgehead atoms. The summed E-state index contributed by atoms with van der Waals surface area (Å²) in [6.45, 7) is 0. The summed E-state index contributed by atoms with van der Waals surface area (Å²) < 4.78 is 1.58. The van der Waals surface area contributed by atoms with Crippen molar-refractivity contribution in [3.8, 4) is 5.95 Å². The van der Waals surface area contributed by atoms with Crippen LogP contribution in [-0.4, -0.2) is 29.9 Å². The van der Waals surface area contributed by atoms with Gasteiger partial charge >= 0.3 is 0 Å². The van der Waals surface area contributed by atoms with Gasteiger partial charge < -0.3 is 0 Å². The molecule has 3 aromatic rings. The molecule has 72 valence electrons. The lowest BCUT2D eigenvalue weighted by Crippen LogP contribution is -2.01. The summed E-state index contributed by atoms with van der Waals surface area (Å²) >= 11 is 0. The lowest BCUT2D eigenvalue weighted by molar-refractivity contribution is 0.773. The third-order valence-corrected chi connectivity index (χ3v) is 1.99. The molecule has 3 heterocycles. The van der Waals surface area contributed by atoms with Crippen molar-refractivity contribution in [3.63, 3.8) is 0 Å². The lowest BCUT2D eigenvalue weighted by atomic mass is 10.4. The molecule has 0 aliphatic heterocycles. The summed E-state index contributed by atoms with van der Waals surface area (Å²) in [6.07, 6.45) is 6.67. The average molecular weight is 198 g/mol. The van der Waals surface area contributed by atoms with Gasteiger partial charge in [-0.05, 0) is 12.1 Å². The highest BCUT2D eigenvalue weighted by molar-refractivity contribution is 5.73. The second-order valence-electron chi connectivity index (χ2n) is 2.91. The van der Waals surface area contributed by atoms with Crippen LogP contribution in [0, 0.1) is 0 Å². The Labute approximate surface area is 84.6 Å². The number of nitrogens with zero attached hydrogens (tertiary/aromatic N) is 6. The van der Waals surface area contributed by atoms with Gasteiger partial charge in [0.1, 0.15) is 11.0 Å². The van der Waals surface area contributed by atoms with Gasteiger partial charge in [0, 0.05) is 18.6 Å². The Morgan fingerprint density at radius 3 is 2.80 bits per heavy atom. The van der Waals surface area contributed by atoms with Crippen molar-refractivity contribution in [2.24, 2.45) is 0 Å². The van der Waals surface area contributed by atoms with Crippen molar-refractivity contribution in [2.45, 2.75) is 0 Å². The summed E-state index contributed by atoms with van der Waals surface area (Å²) in [5.41, 5.74) is 1.57. The molecule has 0 atom stereocenters. The normalized spacial score (nSPS) is 10.7. The van der Waals surface area contributed by atoms with Crippen molar-refractivity contribution in [3.05, 3.63) is 36.9 Å². The van der Waals surface area contributed by atoms with Crippen molar-refractivity contribution in [1.29, 1.82) is 0 Å². The van der Waals surface area contributed by atoms with Gasteiger partial charge in [0.15, 0.2) is 0 Å².